The number of nitrogens with zero attached hydrogens (tertiary/aromatic N) is 1. The van der Waals surface area contributed by atoms with Crippen molar-refractivity contribution in [1.29, 1.82) is 0 Å². The van der Waals surface area contributed by atoms with E-state index < -0.39 is 18.0 Å². The van der Waals surface area contributed by atoms with Gasteiger partial charge in [-0.05, 0) is 6.42 Å². The van der Waals surface area contributed by atoms with E-state index in [1.54, 1.807) is 0 Å². The van der Waals surface area contributed by atoms with Gasteiger partial charge in [-0.15, -0.1) is 0 Å². The molecule has 0 bridgehead atoms. The monoisotopic (exact) mass is 289 g/mol. The van der Waals surface area contributed by atoms with Gasteiger partial charge in [0.15, 0.2) is 0 Å². The second-order valence-corrected chi connectivity index (χ2v) is 4.00. The Morgan fingerprint density at radius 3 is 2.15 bits per heavy atom. The van der Waals surface area contributed by atoms with Crippen LogP contribution in [-0.4, -0.2) is 56.1 Å². The predicted molar refractivity (Wildman–Crippen MR) is 65.4 cm³/mol. The smallest absolute Gasteiger partial charge is 0.430 e. The number of imide groups is 1. The summed E-state index contributed by atoms with van der Waals surface area (Å²) in [5.74, 6) is -1.09. The first-order valence-corrected chi connectivity index (χ1v) is 6.51. The first-order valence-electron chi connectivity index (χ1n) is 6.51. The molecule has 0 N–H and O–H groups in total. The fourth-order valence-electron chi connectivity index (χ4n) is 1.41. The summed E-state index contributed by atoms with van der Waals surface area (Å²) >= 11 is 0. The highest BCUT2D eigenvalue weighted by Crippen LogP contribution is 2.12. The highest BCUT2D eigenvalue weighted by atomic mass is 16.8. The summed E-state index contributed by atoms with van der Waals surface area (Å²) in [5, 5.41) is 0.432. The molecule has 0 aromatic carbocycles. The largest absolute Gasteiger partial charge is 0.534 e. The zero-order valence-corrected chi connectivity index (χ0v) is 11.5. The van der Waals surface area contributed by atoms with E-state index in [9.17, 15) is 14.4 Å². The maximum Gasteiger partial charge on any atom is 0.534 e. The standard InChI is InChI=1S/C12H19NO7/c1-2-5-17-6-7-18-8-9-19-12(16)20-13-10(14)3-4-11(13)15/h2-9H2,1H3. The zero-order valence-electron chi connectivity index (χ0n) is 11.5. The first-order chi connectivity index (χ1) is 9.65. The molecule has 0 atom stereocenters. The van der Waals surface area contributed by atoms with Gasteiger partial charge in [0.25, 0.3) is 11.8 Å². The van der Waals surface area contributed by atoms with Gasteiger partial charge in [0, 0.05) is 19.4 Å². The number of hydrogen-bond donors (Lipinski definition) is 0. The third kappa shape index (κ3) is 5.98. The lowest BCUT2D eigenvalue weighted by atomic mass is 10.4. The molecule has 1 saturated heterocycles. The average molecular weight is 289 g/mol. The molecule has 1 fully saturated rings. The van der Waals surface area contributed by atoms with E-state index in [0.717, 1.165) is 6.42 Å². The Morgan fingerprint density at radius 2 is 1.55 bits per heavy atom. The van der Waals surface area contributed by atoms with Crippen LogP contribution in [0, 0.1) is 0 Å². The third-order valence-corrected chi connectivity index (χ3v) is 2.34. The molecule has 0 unspecified atom stereocenters. The fourth-order valence-corrected chi connectivity index (χ4v) is 1.41. The number of carbonyl (C=O) groups is 3. The minimum atomic E-state index is -1.10. The lowest BCUT2D eigenvalue weighted by Crippen LogP contribution is -2.32. The SMILES string of the molecule is CCCOCCOCCOC(=O)ON1C(=O)CCC1=O. The molecule has 114 valence electrons. The highest BCUT2D eigenvalue weighted by Gasteiger charge is 2.33. The summed E-state index contributed by atoms with van der Waals surface area (Å²) in [5.41, 5.74) is 0. The number of hydroxylamine groups is 2. The molecular weight excluding hydrogens is 270 g/mol. The minimum Gasteiger partial charge on any atom is -0.430 e. The maximum absolute atomic E-state index is 11.2. The van der Waals surface area contributed by atoms with Crippen molar-refractivity contribution in [3.8, 4) is 0 Å². The first kappa shape index (κ1) is 16.4. The van der Waals surface area contributed by atoms with Crippen molar-refractivity contribution in [3.05, 3.63) is 0 Å². The Bertz CT molecular complexity index is 329. The quantitative estimate of drug-likeness (QED) is 0.349. The molecule has 8 heteroatoms. The summed E-state index contributed by atoms with van der Waals surface area (Å²) in [6.07, 6.45) is -0.0532. The van der Waals surface area contributed by atoms with Crippen molar-refractivity contribution in [1.82, 2.24) is 5.06 Å². The molecule has 8 nitrogen and oxygen atoms in total. The normalized spacial score (nSPS) is 14.8. The fraction of sp³-hybridized carbons (Fsp3) is 0.750. The van der Waals surface area contributed by atoms with Crippen molar-refractivity contribution in [2.75, 3.05) is 33.0 Å². The molecule has 2 amide bonds. The second-order valence-electron chi connectivity index (χ2n) is 4.00. The van der Waals surface area contributed by atoms with Crippen molar-refractivity contribution >= 4 is 18.0 Å². The van der Waals surface area contributed by atoms with Crippen LogP contribution in [0.1, 0.15) is 26.2 Å². The van der Waals surface area contributed by atoms with Crippen LogP contribution >= 0.6 is 0 Å². The molecule has 1 heterocycles. The zero-order chi connectivity index (χ0) is 14.8. The molecule has 1 rings (SSSR count). The summed E-state index contributed by atoms with van der Waals surface area (Å²) in [6.45, 7) is 3.74. The summed E-state index contributed by atoms with van der Waals surface area (Å²) < 4.78 is 15.0. The van der Waals surface area contributed by atoms with E-state index in [1.807, 2.05) is 6.92 Å². The number of hydrogen-bond acceptors (Lipinski definition) is 7. The molecule has 0 radical (unpaired) electrons. The van der Waals surface area contributed by atoms with Gasteiger partial charge in [0.2, 0.25) is 0 Å². The van der Waals surface area contributed by atoms with Gasteiger partial charge in [-0.3, -0.25) is 14.4 Å². The Morgan fingerprint density at radius 1 is 1.00 bits per heavy atom. The van der Waals surface area contributed by atoms with E-state index in [4.69, 9.17) is 9.47 Å². The highest BCUT2D eigenvalue weighted by molar-refractivity contribution is 6.01. The van der Waals surface area contributed by atoms with Crippen LogP contribution in [0.5, 0.6) is 0 Å². The summed E-state index contributed by atoms with van der Waals surface area (Å²) in [4.78, 5) is 38.0. The number of rotatable bonds is 9. The van der Waals surface area contributed by atoms with E-state index in [-0.39, 0.29) is 26.1 Å². The summed E-state index contributed by atoms with van der Waals surface area (Å²) in [7, 11) is 0. The van der Waals surface area contributed by atoms with Gasteiger partial charge in [-0.2, -0.15) is 0 Å². The molecule has 0 saturated carbocycles. The molecule has 20 heavy (non-hydrogen) atoms. The van der Waals surface area contributed by atoms with Crippen LogP contribution < -0.4 is 0 Å². The Hall–Kier alpha value is -1.67. The van der Waals surface area contributed by atoms with Crippen LogP contribution in [0.25, 0.3) is 0 Å². The van der Waals surface area contributed by atoms with Gasteiger partial charge >= 0.3 is 6.16 Å². The van der Waals surface area contributed by atoms with Gasteiger partial charge in [-0.25, -0.2) is 4.79 Å². The van der Waals surface area contributed by atoms with Crippen LogP contribution in [0.3, 0.4) is 0 Å². The van der Waals surface area contributed by atoms with Crippen molar-refractivity contribution < 1.29 is 33.4 Å². The van der Waals surface area contributed by atoms with Gasteiger partial charge in [0.1, 0.15) is 6.61 Å². The van der Waals surface area contributed by atoms with Crippen LogP contribution in [0.4, 0.5) is 4.79 Å². The van der Waals surface area contributed by atoms with E-state index in [0.29, 0.717) is 24.9 Å². The molecule has 0 spiro atoms. The van der Waals surface area contributed by atoms with Crippen LogP contribution in [-0.2, 0) is 28.6 Å². The minimum absolute atomic E-state index is 0.0250. The maximum atomic E-state index is 11.2. The van der Waals surface area contributed by atoms with Crippen molar-refractivity contribution in [3.63, 3.8) is 0 Å². The van der Waals surface area contributed by atoms with E-state index in [1.165, 1.54) is 0 Å². The third-order valence-electron chi connectivity index (χ3n) is 2.34. The van der Waals surface area contributed by atoms with Crippen LogP contribution in [0.2, 0.25) is 0 Å². The topological polar surface area (TPSA) is 91.4 Å². The second kappa shape index (κ2) is 9.27. The lowest BCUT2D eigenvalue weighted by molar-refractivity contribution is -0.177. The van der Waals surface area contributed by atoms with E-state index >= 15 is 0 Å². The molecule has 0 aromatic heterocycles. The van der Waals surface area contributed by atoms with E-state index in [2.05, 4.69) is 9.57 Å². The summed E-state index contributed by atoms with van der Waals surface area (Å²) in [6, 6.07) is 0. The van der Waals surface area contributed by atoms with Crippen LogP contribution in [0.15, 0.2) is 0 Å². The Kier molecular flexibility index (Phi) is 7.59. The predicted octanol–water partition coefficient (Wildman–Crippen LogP) is 0.647. The molecule has 1 aliphatic heterocycles. The molecule has 0 aromatic rings. The molecule has 1 aliphatic rings. The van der Waals surface area contributed by atoms with Gasteiger partial charge < -0.3 is 14.2 Å². The van der Waals surface area contributed by atoms with Crippen molar-refractivity contribution in [2.24, 2.45) is 0 Å². The van der Waals surface area contributed by atoms with Gasteiger partial charge in [0.05, 0.1) is 19.8 Å². The average Bonchev–Trinajstić information content (AvgIpc) is 2.73. The van der Waals surface area contributed by atoms with Gasteiger partial charge in [-0.1, -0.05) is 12.0 Å². The Balaban J connectivity index is 2.00. The van der Waals surface area contributed by atoms with Crippen molar-refractivity contribution in [2.45, 2.75) is 26.2 Å². The lowest BCUT2D eigenvalue weighted by Gasteiger charge is -2.12. The molecule has 0 aliphatic carbocycles. The Labute approximate surface area is 116 Å². The number of amides is 2. The molecular formula is C12H19NO7. The number of carbonyl (C=O) groups excluding carboxylic acids is 3. The number of ether oxygens (including phenoxy) is 3.